The molecule has 158 valence electrons. The number of carboxylic acid groups (broad SMARTS) is 1. The molecule has 0 aromatic carbocycles. The Morgan fingerprint density at radius 1 is 1.24 bits per heavy atom. The Hall–Kier alpha value is -2.45. The van der Waals surface area contributed by atoms with E-state index in [2.05, 4.69) is 4.98 Å². The SMILES string of the molecule is CC1(C)CC(C(=O)O)N(C(=O)c2ccc(N3CC(F)(F)C3)c(OCC3CC3)n2)C1. The number of halogens is 2. The lowest BCUT2D eigenvalue weighted by Gasteiger charge is -2.40. The zero-order valence-corrected chi connectivity index (χ0v) is 16.5. The van der Waals surface area contributed by atoms with Crippen molar-refractivity contribution in [1.82, 2.24) is 9.88 Å². The van der Waals surface area contributed by atoms with Crippen LogP contribution in [-0.4, -0.2) is 65.1 Å². The minimum atomic E-state index is -2.74. The summed E-state index contributed by atoms with van der Waals surface area (Å²) >= 11 is 0. The first-order valence-electron chi connectivity index (χ1n) is 9.85. The van der Waals surface area contributed by atoms with Crippen molar-refractivity contribution in [2.45, 2.75) is 45.1 Å². The van der Waals surface area contributed by atoms with Gasteiger partial charge in [-0.1, -0.05) is 13.8 Å². The average molecular weight is 409 g/mol. The minimum Gasteiger partial charge on any atom is -0.480 e. The molecule has 1 N–H and O–H groups in total. The number of carbonyl (C=O) groups excluding carboxylic acids is 1. The van der Waals surface area contributed by atoms with Crippen LogP contribution in [0.25, 0.3) is 0 Å². The highest BCUT2D eigenvalue weighted by Gasteiger charge is 2.46. The van der Waals surface area contributed by atoms with E-state index in [9.17, 15) is 23.5 Å². The van der Waals surface area contributed by atoms with Crippen molar-refractivity contribution in [2.75, 3.05) is 31.1 Å². The van der Waals surface area contributed by atoms with E-state index in [1.165, 1.54) is 15.9 Å². The van der Waals surface area contributed by atoms with E-state index in [-0.39, 0.29) is 17.0 Å². The number of anilines is 1. The fourth-order valence-corrected chi connectivity index (χ4v) is 3.91. The predicted molar refractivity (Wildman–Crippen MR) is 100 cm³/mol. The molecule has 1 amide bonds. The highest BCUT2D eigenvalue weighted by Crippen LogP contribution is 2.39. The number of aliphatic carboxylic acids is 1. The first kappa shape index (κ1) is 19.8. The minimum absolute atomic E-state index is 0.0655. The van der Waals surface area contributed by atoms with E-state index in [1.807, 2.05) is 13.8 Å². The van der Waals surface area contributed by atoms with Crippen LogP contribution in [0.15, 0.2) is 12.1 Å². The fraction of sp³-hybridized carbons (Fsp3) is 0.650. The van der Waals surface area contributed by atoms with Gasteiger partial charge in [0.2, 0.25) is 5.88 Å². The molecule has 3 fully saturated rings. The van der Waals surface area contributed by atoms with Gasteiger partial charge in [-0.05, 0) is 42.7 Å². The third-order valence-corrected chi connectivity index (χ3v) is 5.66. The smallest absolute Gasteiger partial charge is 0.326 e. The van der Waals surface area contributed by atoms with Gasteiger partial charge in [0.25, 0.3) is 11.8 Å². The summed E-state index contributed by atoms with van der Waals surface area (Å²) in [6.07, 6.45) is 2.47. The molecule has 1 saturated carbocycles. The van der Waals surface area contributed by atoms with Gasteiger partial charge in [-0.2, -0.15) is 0 Å². The van der Waals surface area contributed by atoms with Gasteiger partial charge in [0.1, 0.15) is 17.4 Å². The molecule has 1 aromatic heterocycles. The Bertz CT molecular complexity index is 833. The van der Waals surface area contributed by atoms with Gasteiger partial charge < -0.3 is 19.6 Å². The lowest BCUT2D eigenvalue weighted by atomic mass is 9.91. The topological polar surface area (TPSA) is 83.0 Å². The molecule has 0 radical (unpaired) electrons. The molecule has 0 bridgehead atoms. The molecule has 7 nitrogen and oxygen atoms in total. The van der Waals surface area contributed by atoms with Crippen molar-refractivity contribution < 1.29 is 28.2 Å². The van der Waals surface area contributed by atoms with Crippen molar-refractivity contribution in [2.24, 2.45) is 11.3 Å². The van der Waals surface area contributed by atoms with Gasteiger partial charge in [0, 0.05) is 6.54 Å². The molecule has 3 heterocycles. The van der Waals surface area contributed by atoms with Crippen molar-refractivity contribution in [1.29, 1.82) is 0 Å². The summed E-state index contributed by atoms with van der Waals surface area (Å²) in [7, 11) is 0. The van der Waals surface area contributed by atoms with Gasteiger partial charge in [0.15, 0.2) is 0 Å². The first-order valence-corrected chi connectivity index (χ1v) is 9.85. The summed E-state index contributed by atoms with van der Waals surface area (Å²) < 4.78 is 32.4. The summed E-state index contributed by atoms with van der Waals surface area (Å²) in [6, 6.07) is 2.11. The van der Waals surface area contributed by atoms with Crippen LogP contribution in [0.3, 0.4) is 0 Å². The number of nitrogens with zero attached hydrogens (tertiary/aromatic N) is 3. The van der Waals surface area contributed by atoms with Crippen LogP contribution in [0.1, 0.15) is 43.6 Å². The average Bonchev–Trinajstić information content (AvgIpc) is 3.38. The number of ether oxygens (including phenoxy) is 1. The maximum atomic E-state index is 13.3. The highest BCUT2D eigenvalue weighted by molar-refractivity contribution is 5.96. The van der Waals surface area contributed by atoms with E-state index in [0.717, 1.165) is 12.8 Å². The van der Waals surface area contributed by atoms with Gasteiger partial charge in [0.05, 0.1) is 19.7 Å². The summed E-state index contributed by atoms with van der Waals surface area (Å²) in [5.74, 6) is -3.69. The predicted octanol–water partition coefficient (Wildman–Crippen LogP) is 2.65. The number of amides is 1. The number of hydrogen-bond acceptors (Lipinski definition) is 5. The number of aromatic nitrogens is 1. The van der Waals surface area contributed by atoms with E-state index in [0.29, 0.717) is 31.2 Å². The molecule has 1 aliphatic carbocycles. The lowest BCUT2D eigenvalue weighted by molar-refractivity contribution is -0.141. The highest BCUT2D eigenvalue weighted by atomic mass is 19.3. The summed E-state index contributed by atoms with van der Waals surface area (Å²) in [5, 5.41) is 9.51. The van der Waals surface area contributed by atoms with E-state index < -0.39 is 36.9 Å². The molecule has 2 aliphatic heterocycles. The monoisotopic (exact) mass is 409 g/mol. The van der Waals surface area contributed by atoms with E-state index >= 15 is 0 Å². The molecule has 2 saturated heterocycles. The second kappa shape index (κ2) is 6.81. The number of rotatable bonds is 6. The lowest BCUT2D eigenvalue weighted by Crippen LogP contribution is -2.56. The van der Waals surface area contributed by atoms with Crippen LogP contribution in [0.2, 0.25) is 0 Å². The van der Waals surface area contributed by atoms with Crippen LogP contribution in [-0.2, 0) is 4.79 Å². The van der Waals surface area contributed by atoms with Gasteiger partial charge in [-0.25, -0.2) is 18.6 Å². The maximum Gasteiger partial charge on any atom is 0.326 e. The molecule has 0 spiro atoms. The summed E-state index contributed by atoms with van der Waals surface area (Å²) in [5.41, 5.74) is 0.188. The van der Waals surface area contributed by atoms with Crippen LogP contribution in [0, 0.1) is 11.3 Å². The van der Waals surface area contributed by atoms with Crippen molar-refractivity contribution in [3.05, 3.63) is 17.8 Å². The Morgan fingerprint density at radius 2 is 1.93 bits per heavy atom. The second-order valence-electron chi connectivity index (χ2n) is 9.14. The number of likely N-dealkylation sites (tertiary alicyclic amines) is 1. The third-order valence-electron chi connectivity index (χ3n) is 5.66. The number of carboxylic acids is 1. The van der Waals surface area contributed by atoms with Crippen LogP contribution in [0.4, 0.5) is 14.5 Å². The third kappa shape index (κ3) is 4.13. The summed E-state index contributed by atoms with van der Waals surface area (Å²) in [4.78, 5) is 31.8. The molecule has 9 heteroatoms. The largest absolute Gasteiger partial charge is 0.480 e. The maximum absolute atomic E-state index is 13.3. The molecule has 3 aliphatic rings. The Labute approximate surface area is 167 Å². The molecular formula is C20H25F2N3O4. The molecule has 1 aromatic rings. The number of hydrogen-bond donors (Lipinski definition) is 1. The zero-order chi connectivity index (χ0) is 21.0. The Morgan fingerprint density at radius 3 is 2.52 bits per heavy atom. The normalized spacial score (nSPS) is 24.9. The van der Waals surface area contributed by atoms with Gasteiger partial charge >= 0.3 is 5.97 Å². The fourth-order valence-electron chi connectivity index (χ4n) is 3.91. The summed E-state index contributed by atoms with van der Waals surface area (Å²) in [6.45, 7) is 3.74. The van der Waals surface area contributed by atoms with Crippen LogP contribution >= 0.6 is 0 Å². The van der Waals surface area contributed by atoms with Crippen molar-refractivity contribution in [3.63, 3.8) is 0 Å². The molecule has 1 unspecified atom stereocenters. The molecular weight excluding hydrogens is 384 g/mol. The number of carbonyl (C=O) groups is 2. The van der Waals surface area contributed by atoms with E-state index in [4.69, 9.17) is 4.74 Å². The quantitative estimate of drug-likeness (QED) is 0.778. The van der Waals surface area contributed by atoms with Crippen molar-refractivity contribution in [3.8, 4) is 5.88 Å². The first-order chi connectivity index (χ1) is 13.5. The second-order valence-corrected chi connectivity index (χ2v) is 9.14. The molecule has 29 heavy (non-hydrogen) atoms. The van der Waals surface area contributed by atoms with Gasteiger partial charge in [-0.3, -0.25) is 4.79 Å². The van der Waals surface area contributed by atoms with Crippen LogP contribution < -0.4 is 9.64 Å². The standard InChI is InChI=1S/C20H25F2N3O4/c1-19(2)7-15(18(27)28)25(9-19)17(26)13-5-6-14(24-10-20(21,22)11-24)16(23-13)29-8-12-3-4-12/h5-6,12,15H,3-4,7-11H2,1-2H3,(H,27,28). The number of alkyl halides is 2. The van der Waals surface area contributed by atoms with E-state index in [1.54, 1.807) is 6.07 Å². The zero-order valence-electron chi connectivity index (χ0n) is 16.5. The van der Waals surface area contributed by atoms with Crippen LogP contribution in [0.5, 0.6) is 5.88 Å². The molecule has 4 rings (SSSR count). The van der Waals surface area contributed by atoms with Crippen molar-refractivity contribution >= 4 is 17.6 Å². The van der Waals surface area contributed by atoms with Gasteiger partial charge in [-0.15, -0.1) is 0 Å². The molecule has 1 atom stereocenters. The Kier molecular flexibility index (Phi) is 4.66. The number of pyridine rings is 1. The Balaban J connectivity index is 1.58.